The first-order chi connectivity index (χ1) is 12.1. The van der Waals surface area contributed by atoms with Gasteiger partial charge in [0.1, 0.15) is 11.5 Å². The quantitative estimate of drug-likeness (QED) is 0.781. The molecule has 0 unspecified atom stereocenters. The lowest BCUT2D eigenvalue weighted by molar-refractivity contribution is 0.338. The standard InChI is InChI=1S/C20H28N2O3S/c1-14(2)19-13-17(21-25-19)18-7-6-12-22(18)26(23,24)16-10-8-15(9-11-16)20(3,4)5/h8-11,13-14,18H,6-7,12H2,1-5H3/t18-/m1/s1. The minimum Gasteiger partial charge on any atom is -0.361 e. The van der Waals surface area contributed by atoms with Crippen LogP contribution in [0.2, 0.25) is 0 Å². The minimum atomic E-state index is -3.56. The molecule has 0 bridgehead atoms. The lowest BCUT2D eigenvalue weighted by Crippen LogP contribution is -2.31. The summed E-state index contributed by atoms with van der Waals surface area (Å²) in [7, 11) is -3.56. The monoisotopic (exact) mass is 376 g/mol. The second kappa shape index (κ2) is 6.82. The summed E-state index contributed by atoms with van der Waals surface area (Å²) in [6, 6.07) is 8.89. The first-order valence-corrected chi connectivity index (χ1v) is 10.6. The van der Waals surface area contributed by atoms with E-state index in [0.717, 1.165) is 24.2 Å². The summed E-state index contributed by atoms with van der Waals surface area (Å²) in [6.45, 7) is 10.9. The van der Waals surface area contributed by atoms with Gasteiger partial charge in [0.25, 0.3) is 0 Å². The predicted octanol–water partition coefficient (Wildman–Crippen LogP) is 4.62. The molecular formula is C20H28N2O3S. The molecule has 2 aromatic rings. The zero-order valence-corrected chi connectivity index (χ0v) is 17.0. The van der Waals surface area contributed by atoms with E-state index in [1.807, 2.05) is 32.0 Å². The highest BCUT2D eigenvalue weighted by Gasteiger charge is 2.38. The Morgan fingerprint density at radius 3 is 2.38 bits per heavy atom. The molecule has 0 spiro atoms. The van der Waals surface area contributed by atoms with Crippen LogP contribution in [0, 0.1) is 0 Å². The van der Waals surface area contributed by atoms with Gasteiger partial charge < -0.3 is 4.52 Å². The molecule has 3 rings (SSSR count). The molecule has 0 saturated carbocycles. The van der Waals surface area contributed by atoms with Crippen LogP contribution in [0.1, 0.15) is 76.4 Å². The highest BCUT2D eigenvalue weighted by atomic mass is 32.2. The summed E-state index contributed by atoms with van der Waals surface area (Å²) in [5.41, 5.74) is 1.82. The van der Waals surface area contributed by atoms with Crippen molar-refractivity contribution in [3.05, 3.63) is 47.3 Å². The van der Waals surface area contributed by atoms with Gasteiger partial charge in [0.05, 0.1) is 10.9 Å². The maximum atomic E-state index is 13.2. The van der Waals surface area contributed by atoms with Gasteiger partial charge in [0, 0.05) is 18.5 Å². The van der Waals surface area contributed by atoms with Crippen molar-refractivity contribution in [2.75, 3.05) is 6.54 Å². The Kier molecular flexibility index (Phi) is 5.01. The van der Waals surface area contributed by atoms with Gasteiger partial charge in [-0.25, -0.2) is 8.42 Å². The molecule has 0 amide bonds. The Morgan fingerprint density at radius 2 is 1.85 bits per heavy atom. The van der Waals surface area contributed by atoms with Crippen LogP contribution in [0.5, 0.6) is 0 Å². The third-order valence-corrected chi connectivity index (χ3v) is 6.91. The minimum absolute atomic E-state index is 0.00751. The molecule has 5 nitrogen and oxygen atoms in total. The van der Waals surface area contributed by atoms with Crippen LogP contribution in [0.4, 0.5) is 0 Å². The molecule has 0 radical (unpaired) electrons. The van der Waals surface area contributed by atoms with E-state index in [0.29, 0.717) is 17.1 Å². The Morgan fingerprint density at radius 1 is 1.19 bits per heavy atom. The van der Waals surface area contributed by atoms with E-state index in [1.54, 1.807) is 16.4 Å². The highest BCUT2D eigenvalue weighted by Crippen LogP contribution is 2.37. The molecule has 0 aliphatic carbocycles. The fourth-order valence-corrected chi connectivity index (χ4v) is 4.99. The summed E-state index contributed by atoms with van der Waals surface area (Å²) in [5.74, 6) is 1.02. The van der Waals surface area contributed by atoms with E-state index in [2.05, 4.69) is 25.9 Å². The third kappa shape index (κ3) is 3.58. The van der Waals surface area contributed by atoms with E-state index in [9.17, 15) is 8.42 Å². The van der Waals surface area contributed by atoms with Crippen molar-refractivity contribution in [3.8, 4) is 0 Å². The zero-order valence-electron chi connectivity index (χ0n) is 16.2. The van der Waals surface area contributed by atoms with Crippen LogP contribution in [0.15, 0.2) is 39.8 Å². The largest absolute Gasteiger partial charge is 0.361 e. The summed E-state index contributed by atoms with van der Waals surface area (Å²) in [5, 5.41) is 4.14. The number of rotatable bonds is 4. The maximum absolute atomic E-state index is 13.2. The van der Waals surface area contributed by atoms with Gasteiger partial charge in [-0.2, -0.15) is 4.31 Å². The fourth-order valence-electron chi connectivity index (χ4n) is 3.32. The molecule has 1 fully saturated rings. The molecule has 2 heterocycles. The second-order valence-electron chi connectivity index (χ2n) is 8.36. The lowest BCUT2D eigenvalue weighted by Gasteiger charge is -2.23. The Balaban J connectivity index is 1.90. The van der Waals surface area contributed by atoms with Crippen molar-refractivity contribution < 1.29 is 12.9 Å². The van der Waals surface area contributed by atoms with Crippen molar-refractivity contribution in [1.82, 2.24) is 9.46 Å². The first kappa shape index (κ1) is 19.1. The first-order valence-electron chi connectivity index (χ1n) is 9.19. The molecular weight excluding hydrogens is 348 g/mol. The third-order valence-electron chi connectivity index (χ3n) is 4.99. The van der Waals surface area contributed by atoms with Crippen LogP contribution in [0.3, 0.4) is 0 Å². The van der Waals surface area contributed by atoms with Crippen molar-refractivity contribution in [2.45, 2.75) is 69.7 Å². The molecule has 1 saturated heterocycles. The van der Waals surface area contributed by atoms with Crippen LogP contribution in [0.25, 0.3) is 0 Å². The Bertz CT molecular complexity index is 861. The number of hydrogen-bond donors (Lipinski definition) is 0. The van der Waals surface area contributed by atoms with Gasteiger partial charge in [-0.15, -0.1) is 0 Å². The van der Waals surface area contributed by atoms with E-state index in [4.69, 9.17) is 4.52 Å². The summed E-state index contributed by atoms with van der Waals surface area (Å²) >= 11 is 0. The van der Waals surface area contributed by atoms with Crippen molar-refractivity contribution >= 4 is 10.0 Å². The molecule has 6 heteroatoms. The molecule has 26 heavy (non-hydrogen) atoms. The second-order valence-corrected chi connectivity index (χ2v) is 10.2. The van der Waals surface area contributed by atoms with Crippen molar-refractivity contribution in [2.24, 2.45) is 0 Å². The molecule has 0 N–H and O–H groups in total. The Hall–Kier alpha value is -1.66. The normalized spacial score (nSPS) is 19.4. The SMILES string of the molecule is CC(C)c1cc([C@H]2CCCN2S(=O)(=O)c2ccc(C(C)(C)C)cc2)no1. The summed E-state index contributed by atoms with van der Waals surface area (Å²) < 4.78 is 33.3. The summed E-state index contributed by atoms with van der Waals surface area (Å²) in [6.07, 6.45) is 1.59. The molecule has 142 valence electrons. The average molecular weight is 377 g/mol. The smallest absolute Gasteiger partial charge is 0.243 e. The molecule has 1 atom stereocenters. The van der Waals surface area contributed by atoms with E-state index < -0.39 is 10.0 Å². The predicted molar refractivity (Wildman–Crippen MR) is 102 cm³/mol. The van der Waals surface area contributed by atoms with E-state index in [1.165, 1.54) is 0 Å². The fraction of sp³-hybridized carbons (Fsp3) is 0.550. The van der Waals surface area contributed by atoms with Crippen molar-refractivity contribution in [1.29, 1.82) is 0 Å². The van der Waals surface area contributed by atoms with Crippen LogP contribution in [-0.4, -0.2) is 24.4 Å². The van der Waals surface area contributed by atoms with E-state index in [-0.39, 0.29) is 17.4 Å². The van der Waals surface area contributed by atoms with Crippen LogP contribution >= 0.6 is 0 Å². The average Bonchev–Trinajstić information content (AvgIpc) is 3.23. The van der Waals surface area contributed by atoms with Crippen molar-refractivity contribution in [3.63, 3.8) is 0 Å². The highest BCUT2D eigenvalue weighted by molar-refractivity contribution is 7.89. The van der Waals surface area contributed by atoms with Gasteiger partial charge in [-0.1, -0.05) is 51.9 Å². The van der Waals surface area contributed by atoms with Gasteiger partial charge in [-0.3, -0.25) is 0 Å². The van der Waals surface area contributed by atoms with Crippen LogP contribution < -0.4 is 0 Å². The van der Waals surface area contributed by atoms with Gasteiger partial charge in [0.15, 0.2) is 0 Å². The number of nitrogens with zero attached hydrogens (tertiary/aromatic N) is 2. The van der Waals surface area contributed by atoms with Gasteiger partial charge >= 0.3 is 0 Å². The maximum Gasteiger partial charge on any atom is 0.243 e. The molecule has 1 aliphatic heterocycles. The number of sulfonamides is 1. The van der Waals surface area contributed by atoms with Gasteiger partial charge in [0.2, 0.25) is 10.0 Å². The molecule has 1 aromatic carbocycles. The number of aromatic nitrogens is 1. The molecule has 1 aliphatic rings. The lowest BCUT2D eigenvalue weighted by atomic mass is 9.87. The number of benzene rings is 1. The zero-order chi connectivity index (χ0) is 19.1. The van der Waals surface area contributed by atoms with Crippen LogP contribution in [-0.2, 0) is 15.4 Å². The number of hydrogen-bond acceptors (Lipinski definition) is 4. The topological polar surface area (TPSA) is 63.4 Å². The van der Waals surface area contributed by atoms with Gasteiger partial charge in [-0.05, 0) is 36.0 Å². The van der Waals surface area contributed by atoms with E-state index >= 15 is 0 Å². The molecule has 1 aromatic heterocycles. The summed E-state index contributed by atoms with van der Waals surface area (Å²) in [4.78, 5) is 0.338. The Labute approximate surface area is 156 Å².